The van der Waals surface area contributed by atoms with Crippen molar-refractivity contribution in [2.75, 3.05) is 0 Å². The number of carboxylic acids is 2. The summed E-state index contributed by atoms with van der Waals surface area (Å²) in [4.78, 5) is 22.0. The Morgan fingerprint density at radius 3 is 1.14 bits per heavy atom. The summed E-state index contributed by atoms with van der Waals surface area (Å²) in [5, 5.41) is 17.4. The number of carboxylic acid groups (broad SMARTS) is 2. The molecule has 5 nitrogen and oxygen atoms in total. The Morgan fingerprint density at radius 2 is 0.833 bits per heavy atom. The predicted octanol–water partition coefficient (Wildman–Crippen LogP) is 7.36. The van der Waals surface area contributed by atoms with E-state index in [1.54, 1.807) is 0 Å². The number of benzene rings is 1. The Bertz CT molecular complexity index is 1270. The number of hydrogen-bond donors (Lipinski definition) is 2. The van der Waals surface area contributed by atoms with Gasteiger partial charge in [-0.3, -0.25) is 0 Å². The zero-order valence-corrected chi connectivity index (χ0v) is 18.2. The Balaban J connectivity index is 3.94. The Hall–Kier alpha value is -3.70. The lowest BCUT2D eigenvalue weighted by Crippen LogP contribution is -2.72. The molecule has 0 saturated carbocycles. The van der Waals surface area contributed by atoms with Crippen LogP contribution < -0.4 is 4.74 Å². The fourth-order valence-corrected chi connectivity index (χ4v) is 2.49. The van der Waals surface area contributed by atoms with Crippen LogP contribution in [-0.2, 0) is 0 Å². The van der Waals surface area contributed by atoms with Crippen molar-refractivity contribution in [3.63, 3.8) is 0 Å². The smallest absolute Gasteiger partial charge is 0.460 e. The fourth-order valence-electron chi connectivity index (χ4n) is 2.49. The molecule has 1 rings (SSSR count). The van der Waals surface area contributed by atoms with E-state index in [0.717, 1.165) is 0 Å². The van der Waals surface area contributed by atoms with Crippen molar-refractivity contribution >= 4 is 11.9 Å². The van der Waals surface area contributed by atoms with Gasteiger partial charge in [0, 0.05) is 0 Å². The SMILES string of the molecule is O=C(O)c1c(F)c(F)c(F)c(C(=O)O)c1OC(F)=C(F)C(F)(F)C(F)(F)C(F)(F)C(F)(F)C(F)(F)C(F)(F)C(F)(F)F. The Morgan fingerprint density at radius 1 is 0.524 bits per heavy atom. The van der Waals surface area contributed by atoms with Crippen molar-refractivity contribution in [1.82, 2.24) is 0 Å². The van der Waals surface area contributed by atoms with E-state index in [4.69, 9.17) is 10.2 Å². The molecule has 0 saturated heterocycles. The van der Waals surface area contributed by atoms with Gasteiger partial charge in [0.05, 0.1) is 0 Å². The van der Waals surface area contributed by atoms with Crippen LogP contribution in [0.25, 0.3) is 0 Å². The minimum absolute atomic E-state index is 2.78. The molecule has 240 valence electrons. The second kappa shape index (κ2) is 10.2. The molecule has 42 heavy (non-hydrogen) atoms. The zero-order valence-electron chi connectivity index (χ0n) is 18.2. The summed E-state index contributed by atoms with van der Waals surface area (Å²) in [6, 6.07) is -4.43. The van der Waals surface area contributed by atoms with Gasteiger partial charge >= 0.3 is 59.7 Å². The van der Waals surface area contributed by atoms with Crippen LogP contribution in [0.2, 0.25) is 0 Å². The van der Waals surface area contributed by atoms with E-state index in [-0.39, 0.29) is 0 Å². The van der Waals surface area contributed by atoms with Gasteiger partial charge in [0.2, 0.25) is 5.83 Å². The summed E-state index contributed by atoms with van der Waals surface area (Å²) in [5.41, 5.74) is -5.56. The van der Waals surface area contributed by atoms with Crippen LogP contribution in [0.1, 0.15) is 20.7 Å². The normalized spacial score (nSPS) is 15.0. The molecule has 0 atom stereocenters. The Labute approximate surface area is 213 Å². The van der Waals surface area contributed by atoms with Crippen LogP contribution in [-0.4, -0.2) is 63.9 Å². The van der Waals surface area contributed by atoms with E-state index in [2.05, 4.69) is 4.74 Å². The van der Waals surface area contributed by atoms with Crippen molar-refractivity contribution in [2.24, 2.45) is 0 Å². The number of allylic oxidation sites excluding steroid dienone is 1. The molecule has 0 radical (unpaired) electrons. The lowest BCUT2D eigenvalue weighted by Gasteiger charge is -2.41. The van der Waals surface area contributed by atoms with Gasteiger partial charge in [0.25, 0.3) is 0 Å². The first kappa shape index (κ1) is 36.3. The zero-order chi connectivity index (χ0) is 34.0. The van der Waals surface area contributed by atoms with Crippen molar-refractivity contribution in [1.29, 1.82) is 0 Å². The van der Waals surface area contributed by atoms with Gasteiger partial charge in [-0.1, -0.05) is 0 Å². The molecule has 0 spiro atoms. The molecule has 0 aromatic heterocycles. The first-order valence-corrected chi connectivity index (χ1v) is 9.04. The van der Waals surface area contributed by atoms with Crippen molar-refractivity contribution in [3.05, 3.63) is 40.4 Å². The highest BCUT2D eigenvalue weighted by molar-refractivity contribution is 5.99. The van der Waals surface area contributed by atoms with Crippen LogP contribution in [0.15, 0.2) is 11.8 Å². The second-order valence-electron chi connectivity index (χ2n) is 7.27. The van der Waals surface area contributed by atoms with Gasteiger partial charge in [-0.2, -0.15) is 74.6 Å². The molecular weight excluding hydrogens is 664 g/mol. The van der Waals surface area contributed by atoms with Crippen molar-refractivity contribution < 1.29 is 112 Å². The van der Waals surface area contributed by atoms with E-state index < -0.39 is 99.8 Å². The van der Waals surface area contributed by atoms with E-state index in [0.29, 0.717) is 0 Å². The number of alkyl halides is 15. The molecular formula is C17H2F20O5. The summed E-state index contributed by atoms with van der Waals surface area (Å²) in [7, 11) is 0. The average Bonchev–Trinajstić information content (AvgIpc) is 2.80. The standard InChI is InChI=1S/C17H2F20O5/c18-3-1(9(38)39)6(2(10(40)41)4(19)5(3)20)42-8(22)7(21)11(23,24)12(25,26)13(27,28)14(29,30)15(31,32)16(33,34)17(35,36)37/h(H,38,39)(H,40,41). The van der Waals surface area contributed by atoms with Crippen molar-refractivity contribution in [3.8, 4) is 5.75 Å². The number of aromatic carboxylic acids is 2. The third-order valence-corrected chi connectivity index (χ3v) is 4.67. The van der Waals surface area contributed by atoms with Gasteiger partial charge < -0.3 is 14.9 Å². The number of hydrogen-bond acceptors (Lipinski definition) is 3. The first-order valence-electron chi connectivity index (χ1n) is 9.04. The number of carbonyl (C=O) groups is 2. The van der Waals surface area contributed by atoms with Crippen LogP contribution >= 0.6 is 0 Å². The molecule has 25 heteroatoms. The van der Waals surface area contributed by atoms with E-state index >= 15 is 0 Å². The summed E-state index contributed by atoms with van der Waals surface area (Å²) in [6.45, 7) is 0. The number of rotatable bonds is 10. The molecule has 2 N–H and O–H groups in total. The van der Waals surface area contributed by atoms with E-state index in [1.165, 1.54) is 0 Å². The van der Waals surface area contributed by atoms with E-state index in [1.807, 2.05) is 0 Å². The summed E-state index contributed by atoms with van der Waals surface area (Å²) >= 11 is 0. The maximum Gasteiger partial charge on any atom is 0.460 e. The van der Waals surface area contributed by atoms with Crippen molar-refractivity contribution in [2.45, 2.75) is 41.7 Å². The molecule has 1 aromatic rings. The molecule has 0 aliphatic rings. The van der Waals surface area contributed by atoms with Crippen LogP contribution in [0, 0.1) is 17.5 Å². The van der Waals surface area contributed by atoms with Gasteiger partial charge in [0.1, 0.15) is 11.1 Å². The number of ether oxygens (including phenoxy) is 1. The molecule has 0 heterocycles. The molecule has 0 aliphatic carbocycles. The minimum Gasteiger partial charge on any atom is -0.477 e. The predicted molar refractivity (Wildman–Crippen MR) is 85.8 cm³/mol. The highest BCUT2D eigenvalue weighted by Gasteiger charge is 2.93. The van der Waals surface area contributed by atoms with Crippen LogP contribution in [0.4, 0.5) is 87.8 Å². The Kier molecular flexibility index (Phi) is 8.85. The highest BCUT2D eigenvalue weighted by atomic mass is 19.4. The number of halogens is 20. The third-order valence-electron chi connectivity index (χ3n) is 4.67. The van der Waals surface area contributed by atoms with Gasteiger partial charge in [-0.25, -0.2) is 22.8 Å². The van der Waals surface area contributed by atoms with Gasteiger partial charge in [-0.05, 0) is 0 Å². The monoisotopic (exact) mass is 666 g/mol. The van der Waals surface area contributed by atoms with Crippen LogP contribution in [0.5, 0.6) is 5.75 Å². The quantitative estimate of drug-likeness (QED) is 0.155. The van der Waals surface area contributed by atoms with Gasteiger partial charge in [0.15, 0.2) is 23.2 Å². The maximum atomic E-state index is 13.9. The van der Waals surface area contributed by atoms with Gasteiger partial charge in [-0.15, -0.1) is 0 Å². The third kappa shape index (κ3) is 4.88. The molecule has 0 fully saturated rings. The molecule has 0 unspecified atom stereocenters. The van der Waals surface area contributed by atoms with E-state index in [9.17, 15) is 97.4 Å². The maximum absolute atomic E-state index is 13.9. The molecule has 0 bridgehead atoms. The fraction of sp³-hybridized carbons (Fsp3) is 0.412. The molecule has 0 aliphatic heterocycles. The lowest BCUT2D eigenvalue weighted by atomic mass is 9.90. The molecule has 0 amide bonds. The minimum atomic E-state index is -8.93. The second-order valence-corrected chi connectivity index (χ2v) is 7.27. The summed E-state index contributed by atoms with van der Waals surface area (Å²) in [6.07, 6.45) is -7.97. The summed E-state index contributed by atoms with van der Waals surface area (Å²) < 4.78 is 269. The summed E-state index contributed by atoms with van der Waals surface area (Å²) in [5.74, 6) is -75.4. The highest BCUT2D eigenvalue weighted by Crippen LogP contribution is 2.63. The largest absolute Gasteiger partial charge is 0.477 e. The lowest BCUT2D eigenvalue weighted by molar-refractivity contribution is -0.451. The average molecular weight is 666 g/mol. The first-order chi connectivity index (χ1) is 18.3. The van der Waals surface area contributed by atoms with Crippen LogP contribution in [0.3, 0.4) is 0 Å². The molecule has 1 aromatic carbocycles. The topological polar surface area (TPSA) is 83.8 Å².